The lowest BCUT2D eigenvalue weighted by Crippen LogP contribution is -2.33. The molecule has 3 atom stereocenters. The second-order valence-corrected chi connectivity index (χ2v) is 5.70. The van der Waals surface area contributed by atoms with Crippen LogP contribution in [0.4, 0.5) is 0 Å². The summed E-state index contributed by atoms with van der Waals surface area (Å²) in [6.45, 7) is 2.08. The molecule has 1 heterocycles. The molecular weight excluding hydrogens is 254 g/mol. The number of aryl methyl sites for hydroxylation is 1. The van der Waals surface area contributed by atoms with E-state index in [1.54, 1.807) is 0 Å². The summed E-state index contributed by atoms with van der Waals surface area (Å²) >= 11 is 0. The van der Waals surface area contributed by atoms with Gasteiger partial charge in [-0.25, -0.2) is 4.99 Å². The van der Waals surface area contributed by atoms with Crippen molar-refractivity contribution < 1.29 is 14.6 Å². The first-order valence-electron chi connectivity index (χ1n) is 7.14. The lowest BCUT2D eigenvalue weighted by atomic mass is 9.84. The van der Waals surface area contributed by atoms with Crippen molar-refractivity contribution in [2.75, 3.05) is 0 Å². The molecule has 1 fully saturated rings. The van der Waals surface area contributed by atoms with Gasteiger partial charge in [0.2, 0.25) is 0 Å². The topological polar surface area (TPSA) is 58.9 Å². The van der Waals surface area contributed by atoms with Crippen LogP contribution in [0.1, 0.15) is 30.4 Å². The van der Waals surface area contributed by atoms with E-state index in [2.05, 4.69) is 24.0 Å². The summed E-state index contributed by atoms with van der Waals surface area (Å²) in [5.74, 6) is -0.201. The summed E-state index contributed by atoms with van der Waals surface area (Å²) in [5, 5.41) is 9.11. The van der Waals surface area contributed by atoms with E-state index in [0.717, 1.165) is 12.3 Å². The van der Waals surface area contributed by atoms with Crippen LogP contribution in [0.2, 0.25) is 0 Å². The van der Waals surface area contributed by atoms with E-state index in [1.807, 2.05) is 12.1 Å². The zero-order valence-electron chi connectivity index (χ0n) is 11.6. The molecule has 4 nitrogen and oxygen atoms in total. The van der Waals surface area contributed by atoms with Gasteiger partial charge in [-0.2, -0.15) is 0 Å². The number of ether oxygens (including phenoxy) is 1. The first-order chi connectivity index (χ1) is 9.63. The van der Waals surface area contributed by atoms with Gasteiger partial charge in [-0.15, -0.1) is 0 Å². The van der Waals surface area contributed by atoms with Crippen LogP contribution >= 0.6 is 0 Å². The van der Waals surface area contributed by atoms with Gasteiger partial charge in [-0.1, -0.05) is 24.3 Å². The van der Waals surface area contributed by atoms with Crippen LogP contribution in [0.5, 0.6) is 0 Å². The highest BCUT2D eigenvalue weighted by atomic mass is 16.5. The number of hydrogen-bond acceptors (Lipinski definition) is 3. The van der Waals surface area contributed by atoms with Crippen LogP contribution < -0.4 is 0 Å². The number of benzene rings is 1. The van der Waals surface area contributed by atoms with Crippen molar-refractivity contribution >= 4 is 11.9 Å². The quantitative estimate of drug-likeness (QED) is 0.920. The van der Waals surface area contributed by atoms with Gasteiger partial charge in [0.1, 0.15) is 6.10 Å². The maximum Gasteiger partial charge on any atom is 0.306 e. The summed E-state index contributed by atoms with van der Waals surface area (Å²) in [5.41, 5.74) is 2.46. The van der Waals surface area contributed by atoms with Crippen molar-refractivity contribution in [2.45, 2.75) is 44.8 Å². The average molecular weight is 273 g/mol. The van der Waals surface area contributed by atoms with Crippen LogP contribution in [0.15, 0.2) is 29.3 Å². The predicted octanol–water partition coefficient (Wildman–Crippen LogP) is 2.59. The minimum Gasteiger partial charge on any atom is -0.481 e. The molecular formula is C16H19NO3. The summed E-state index contributed by atoms with van der Waals surface area (Å²) in [7, 11) is 0. The Hall–Kier alpha value is -1.84. The fraction of sp³-hybridized carbons (Fsp3) is 0.500. The van der Waals surface area contributed by atoms with Crippen LogP contribution in [0, 0.1) is 12.8 Å². The fourth-order valence-corrected chi connectivity index (χ4v) is 3.07. The number of rotatable bonds is 3. The maximum absolute atomic E-state index is 11.1. The van der Waals surface area contributed by atoms with Crippen LogP contribution in [-0.4, -0.2) is 29.1 Å². The van der Waals surface area contributed by atoms with Gasteiger partial charge in [0.15, 0.2) is 5.90 Å². The van der Waals surface area contributed by atoms with E-state index < -0.39 is 5.97 Å². The first kappa shape index (κ1) is 13.2. The highest BCUT2D eigenvalue weighted by Crippen LogP contribution is 2.33. The minimum absolute atomic E-state index is 0.0314. The smallest absolute Gasteiger partial charge is 0.306 e. The van der Waals surface area contributed by atoms with Crippen LogP contribution in [0.3, 0.4) is 0 Å². The Morgan fingerprint density at radius 3 is 2.95 bits per heavy atom. The molecule has 20 heavy (non-hydrogen) atoms. The van der Waals surface area contributed by atoms with Crippen molar-refractivity contribution in [3.63, 3.8) is 0 Å². The third kappa shape index (κ3) is 2.55. The number of fused-ring (bicyclic) bond motifs is 1. The highest BCUT2D eigenvalue weighted by molar-refractivity contribution is 5.81. The van der Waals surface area contributed by atoms with E-state index in [1.165, 1.54) is 11.1 Å². The van der Waals surface area contributed by atoms with Gasteiger partial charge < -0.3 is 9.84 Å². The van der Waals surface area contributed by atoms with Gasteiger partial charge in [0, 0.05) is 6.42 Å². The molecule has 2 aliphatic rings. The molecule has 1 aliphatic carbocycles. The number of carboxylic acid groups (broad SMARTS) is 1. The molecule has 106 valence electrons. The highest BCUT2D eigenvalue weighted by Gasteiger charge is 2.39. The predicted molar refractivity (Wildman–Crippen MR) is 76.0 cm³/mol. The molecule has 1 aliphatic heterocycles. The zero-order valence-corrected chi connectivity index (χ0v) is 11.6. The number of aliphatic carboxylic acids is 1. The normalized spacial score (nSPS) is 28.4. The zero-order chi connectivity index (χ0) is 14.1. The van der Waals surface area contributed by atoms with Gasteiger partial charge in [-0.05, 0) is 37.3 Å². The van der Waals surface area contributed by atoms with Crippen molar-refractivity contribution in [2.24, 2.45) is 10.9 Å². The Labute approximate surface area is 118 Å². The molecule has 1 saturated carbocycles. The fourth-order valence-electron chi connectivity index (χ4n) is 3.07. The largest absolute Gasteiger partial charge is 0.481 e. The van der Waals surface area contributed by atoms with Gasteiger partial charge >= 0.3 is 5.97 Å². The van der Waals surface area contributed by atoms with Crippen molar-refractivity contribution in [3.8, 4) is 0 Å². The molecule has 1 N–H and O–H groups in total. The van der Waals surface area contributed by atoms with E-state index >= 15 is 0 Å². The summed E-state index contributed by atoms with van der Waals surface area (Å²) in [4.78, 5) is 15.7. The second-order valence-electron chi connectivity index (χ2n) is 5.70. The molecule has 0 amide bonds. The molecule has 0 aromatic heterocycles. The Balaban J connectivity index is 1.70. The maximum atomic E-state index is 11.1. The third-order valence-corrected chi connectivity index (χ3v) is 4.30. The number of carbonyl (C=O) groups is 1. The van der Waals surface area contributed by atoms with E-state index in [0.29, 0.717) is 19.3 Å². The van der Waals surface area contributed by atoms with Gasteiger partial charge in [0.25, 0.3) is 0 Å². The molecule has 1 aromatic carbocycles. The Bertz CT molecular complexity index is 552. The number of nitrogens with zero attached hydrogens (tertiary/aromatic N) is 1. The van der Waals surface area contributed by atoms with Crippen molar-refractivity contribution in [3.05, 3.63) is 35.4 Å². The second kappa shape index (κ2) is 5.27. The monoisotopic (exact) mass is 273 g/mol. The number of carboxylic acids is 1. The minimum atomic E-state index is -0.703. The molecule has 0 saturated heterocycles. The lowest BCUT2D eigenvalue weighted by molar-refractivity contribution is -0.143. The molecule has 0 bridgehead atoms. The number of aliphatic imine (C=N–C) groups is 1. The molecule has 1 aromatic rings. The van der Waals surface area contributed by atoms with Gasteiger partial charge in [-0.3, -0.25) is 4.79 Å². The van der Waals surface area contributed by atoms with E-state index in [4.69, 9.17) is 9.84 Å². The summed E-state index contributed by atoms with van der Waals surface area (Å²) in [6.07, 6.45) is 2.89. The molecule has 0 spiro atoms. The summed E-state index contributed by atoms with van der Waals surface area (Å²) in [6, 6.07) is 8.24. The third-order valence-electron chi connectivity index (χ3n) is 4.30. The average Bonchev–Trinajstić information content (AvgIpc) is 2.82. The Morgan fingerprint density at radius 2 is 2.20 bits per heavy atom. The van der Waals surface area contributed by atoms with E-state index in [-0.39, 0.29) is 18.1 Å². The van der Waals surface area contributed by atoms with Crippen molar-refractivity contribution in [1.29, 1.82) is 0 Å². The van der Waals surface area contributed by atoms with Crippen LogP contribution in [-0.2, 0) is 16.0 Å². The molecule has 4 heteroatoms. The van der Waals surface area contributed by atoms with Crippen molar-refractivity contribution in [1.82, 2.24) is 0 Å². The SMILES string of the molecule is Cc1ccccc1CC1=NC2CC(C(=O)O)CCC2O1. The number of hydrogen-bond donors (Lipinski definition) is 1. The Morgan fingerprint density at radius 1 is 1.40 bits per heavy atom. The molecule has 3 unspecified atom stereocenters. The van der Waals surface area contributed by atoms with E-state index in [9.17, 15) is 4.79 Å². The van der Waals surface area contributed by atoms with Gasteiger partial charge in [0.05, 0.1) is 12.0 Å². The molecule has 3 rings (SSSR count). The molecule has 0 radical (unpaired) electrons. The summed E-state index contributed by atoms with van der Waals surface area (Å²) < 4.78 is 5.91. The standard InChI is InChI=1S/C16H19NO3/c1-10-4-2-3-5-11(10)9-15-17-13-8-12(16(18)19)6-7-14(13)20-15/h2-5,12-14H,6-9H2,1H3,(H,18,19). The Kier molecular flexibility index (Phi) is 3.47. The van der Waals surface area contributed by atoms with Crippen LogP contribution in [0.25, 0.3) is 0 Å². The first-order valence-corrected chi connectivity index (χ1v) is 7.14. The lowest BCUT2D eigenvalue weighted by Gasteiger charge is -2.26.